The Hall–Kier alpha value is -3.10. The zero-order valence-electron chi connectivity index (χ0n) is 15.8. The first-order valence-corrected chi connectivity index (χ1v) is 9.98. The fourth-order valence-corrected chi connectivity index (χ4v) is 3.94. The van der Waals surface area contributed by atoms with Gasteiger partial charge in [0, 0.05) is 30.8 Å². The van der Waals surface area contributed by atoms with Gasteiger partial charge in [0.25, 0.3) is 0 Å². The first-order valence-electron chi connectivity index (χ1n) is 8.78. The lowest BCUT2D eigenvalue weighted by Gasteiger charge is -2.11. The maximum absolute atomic E-state index is 12.8. The van der Waals surface area contributed by atoms with E-state index in [1.54, 1.807) is 24.3 Å². The third-order valence-electron chi connectivity index (χ3n) is 4.18. The van der Waals surface area contributed by atoms with E-state index in [-0.39, 0.29) is 29.8 Å². The van der Waals surface area contributed by atoms with Gasteiger partial charge >= 0.3 is 11.9 Å². The van der Waals surface area contributed by atoms with Gasteiger partial charge in [0.2, 0.25) is 0 Å². The van der Waals surface area contributed by atoms with Crippen molar-refractivity contribution in [3.63, 3.8) is 0 Å². The number of hydrogen-bond acceptors (Lipinski definition) is 8. The van der Waals surface area contributed by atoms with E-state index in [9.17, 15) is 19.3 Å². The molecule has 0 aliphatic carbocycles. The molecular weight excluding hydrogens is 430 g/mol. The highest BCUT2D eigenvalue weighted by molar-refractivity contribution is 7.24. The van der Waals surface area contributed by atoms with Crippen molar-refractivity contribution in [1.82, 2.24) is 0 Å². The van der Waals surface area contributed by atoms with Gasteiger partial charge in [0.1, 0.15) is 13.2 Å². The summed E-state index contributed by atoms with van der Waals surface area (Å²) in [6.07, 6.45) is 0. The number of hydrogen-bond donors (Lipinski definition) is 0. The van der Waals surface area contributed by atoms with Crippen LogP contribution in [-0.4, -0.2) is 31.2 Å². The number of carbonyl (C=O) groups excluding carboxylic acids is 2. The first-order chi connectivity index (χ1) is 14.3. The van der Waals surface area contributed by atoms with E-state index in [1.807, 2.05) is 0 Å². The Labute approximate surface area is 179 Å². The lowest BCUT2D eigenvalue weighted by Crippen LogP contribution is -2.24. The number of benzene rings is 2. The molecule has 1 aromatic heterocycles. The molecule has 154 valence electrons. The monoisotopic (exact) mass is 445 g/mol. The van der Waals surface area contributed by atoms with Crippen LogP contribution < -0.4 is 5.43 Å². The normalized spacial score (nSPS) is 11.8. The van der Waals surface area contributed by atoms with Gasteiger partial charge in [-0.25, -0.2) is 9.59 Å². The second kappa shape index (κ2) is 9.15. The van der Waals surface area contributed by atoms with Crippen molar-refractivity contribution in [2.45, 2.75) is 13.0 Å². The molecule has 7 nitrogen and oxygen atoms in total. The van der Waals surface area contributed by atoms with Crippen LogP contribution in [0.4, 0.5) is 0 Å². The summed E-state index contributed by atoms with van der Waals surface area (Å²) in [7, 11) is 0. The maximum atomic E-state index is 12.8. The Bertz CT molecular complexity index is 1240. The van der Waals surface area contributed by atoms with E-state index in [0.717, 1.165) is 4.70 Å². The van der Waals surface area contributed by atoms with Crippen molar-refractivity contribution >= 4 is 55.0 Å². The molecular formula is C21H16ClNO6S. The number of carbonyl (C=O) groups is 2. The molecule has 1 heterocycles. The molecule has 0 amide bonds. The minimum Gasteiger partial charge on any atom is -0.460 e. The third-order valence-corrected chi connectivity index (χ3v) is 5.55. The quantitative estimate of drug-likeness (QED) is 0.230. The third kappa shape index (κ3) is 4.72. The topological polar surface area (TPSA) is 99.1 Å². The van der Waals surface area contributed by atoms with Crippen LogP contribution >= 0.6 is 22.9 Å². The summed E-state index contributed by atoms with van der Waals surface area (Å²) in [5.74, 6) is -1.39. The molecule has 0 spiro atoms. The van der Waals surface area contributed by atoms with Crippen molar-refractivity contribution in [3.05, 3.63) is 74.3 Å². The molecule has 0 aliphatic heterocycles. The van der Waals surface area contributed by atoms with Crippen LogP contribution in [0.15, 0.2) is 58.5 Å². The van der Waals surface area contributed by atoms with E-state index >= 15 is 0 Å². The number of esters is 2. The number of rotatable bonds is 7. The summed E-state index contributed by atoms with van der Waals surface area (Å²) >= 11 is 7.38. The standard InChI is InChI=1S/C21H16ClNO6S/c1-11(2)20(25)28-9-14(23-27)10-29-21(26)12-3-6-17-16(7-12)19(24)15-5-4-13(22)8-18(15)30-17/h3-8,14H,1,9-10H2,2H3. The number of nitroso groups, excluding NO2 is 1. The summed E-state index contributed by atoms with van der Waals surface area (Å²) in [6.45, 7) is 4.19. The van der Waals surface area contributed by atoms with Crippen molar-refractivity contribution in [2.75, 3.05) is 13.2 Å². The molecule has 0 fully saturated rings. The Kier molecular flexibility index (Phi) is 6.59. The highest BCUT2D eigenvalue weighted by Crippen LogP contribution is 2.27. The van der Waals surface area contributed by atoms with Crippen molar-refractivity contribution in [3.8, 4) is 0 Å². The Balaban J connectivity index is 1.77. The Morgan fingerprint density at radius 1 is 1.10 bits per heavy atom. The van der Waals surface area contributed by atoms with Crippen LogP contribution in [0, 0.1) is 4.91 Å². The molecule has 3 rings (SSSR count). The van der Waals surface area contributed by atoms with Gasteiger partial charge < -0.3 is 9.47 Å². The molecule has 3 aromatic rings. The van der Waals surface area contributed by atoms with E-state index in [4.69, 9.17) is 21.1 Å². The lowest BCUT2D eigenvalue weighted by atomic mass is 10.1. The predicted molar refractivity (Wildman–Crippen MR) is 116 cm³/mol. The summed E-state index contributed by atoms with van der Waals surface area (Å²) in [5, 5.41) is 4.22. The molecule has 0 bridgehead atoms. The molecule has 0 radical (unpaired) electrons. The summed E-state index contributed by atoms with van der Waals surface area (Å²) < 4.78 is 11.4. The van der Waals surface area contributed by atoms with Crippen LogP contribution in [0.3, 0.4) is 0 Å². The molecule has 1 unspecified atom stereocenters. The van der Waals surface area contributed by atoms with Crippen LogP contribution in [0.1, 0.15) is 17.3 Å². The van der Waals surface area contributed by atoms with Crippen molar-refractivity contribution in [1.29, 1.82) is 0 Å². The van der Waals surface area contributed by atoms with E-state index in [1.165, 1.54) is 30.4 Å². The van der Waals surface area contributed by atoms with Gasteiger partial charge in [0.15, 0.2) is 11.5 Å². The molecule has 1 atom stereocenters. The Morgan fingerprint density at radius 2 is 1.83 bits per heavy atom. The van der Waals surface area contributed by atoms with Gasteiger partial charge in [-0.1, -0.05) is 23.4 Å². The van der Waals surface area contributed by atoms with Crippen molar-refractivity contribution in [2.24, 2.45) is 5.18 Å². The zero-order valence-corrected chi connectivity index (χ0v) is 17.4. The Morgan fingerprint density at radius 3 is 2.53 bits per heavy atom. The molecule has 0 saturated carbocycles. The highest BCUT2D eigenvalue weighted by Gasteiger charge is 2.17. The second-order valence-electron chi connectivity index (χ2n) is 6.52. The van der Waals surface area contributed by atoms with E-state index < -0.39 is 18.0 Å². The summed E-state index contributed by atoms with van der Waals surface area (Å²) in [4.78, 5) is 47.4. The SMILES string of the molecule is C=C(C)C(=O)OCC(COC(=O)c1ccc2sc3cc(Cl)ccc3c(=O)c2c1)N=O. The molecule has 0 saturated heterocycles. The largest absolute Gasteiger partial charge is 0.460 e. The van der Waals surface area contributed by atoms with Gasteiger partial charge in [-0.15, -0.1) is 11.3 Å². The maximum Gasteiger partial charge on any atom is 0.338 e. The van der Waals surface area contributed by atoms with Gasteiger partial charge in [0.05, 0.1) is 5.56 Å². The number of fused-ring (bicyclic) bond motifs is 2. The van der Waals surface area contributed by atoms with Gasteiger partial charge in [-0.2, -0.15) is 4.91 Å². The highest BCUT2D eigenvalue weighted by atomic mass is 35.5. The second-order valence-corrected chi connectivity index (χ2v) is 8.04. The lowest BCUT2D eigenvalue weighted by molar-refractivity contribution is -0.139. The van der Waals surface area contributed by atoms with Crippen LogP contribution in [0.25, 0.3) is 20.2 Å². The first kappa shape index (κ1) is 21.6. The number of halogens is 1. The van der Waals surface area contributed by atoms with Gasteiger partial charge in [-0.05, 0) is 43.3 Å². The van der Waals surface area contributed by atoms with Crippen molar-refractivity contribution < 1.29 is 19.1 Å². The van der Waals surface area contributed by atoms with Gasteiger partial charge in [-0.3, -0.25) is 4.79 Å². The van der Waals surface area contributed by atoms with Crippen LogP contribution in [0.2, 0.25) is 5.02 Å². The molecule has 0 N–H and O–H groups in total. The molecule has 30 heavy (non-hydrogen) atoms. The predicted octanol–water partition coefficient (Wildman–Crippen LogP) is 4.48. The zero-order chi connectivity index (χ0) is 21.8. The molecule has 0 aliphatic rings. The fourth-order valence-electron chi connectivity index (χ4n) is 2.61. The molecule has 2 aromatic carbocycles. The summed E-state index contributed by atoms with van der Waals surface area (Å²) in [5.41, 5.74) is 0.116. The minimum absolute atomic E-state index is 0.156. The number of ether oxygens (including phenoxy) is 2. The number of nitrogens with zero attached hydrogens (tertiary/aromatic N) is 1. The van der Waals surface area contributed by atoms with Crippen LogP contribution in [-0.2, 0) is 14.3 Å². The minimum atomic E-state index is -1.05. The van der Waals surface area contributed by atoms with E-state index in [0.29, 0.717) is 20.5 Å². The smallest absolute Gasteiger partial charge is 0.338 e. The van der Waals surface area contributed by atoms with E-state index in [2.05, 4.69) is 11.8 Å². The molecule has 9 heteroatoms. The average Bonchev–Trinajstić information content (AvgIpc) is 2.73. The fraction of sp³-hybridized carbons (Fsp3) is 0.190. The average molecular weight is 446 g/mol. The van der Waals surface area contributed by atoms with Crippen LogP contribution in [0.5, 0.6) is 0 Å². The summed E-state index contributed by atoms with van der Waals surface area (Å²) in [6, 6.07) is 8.59.